The van der Waals surface area contributed by atoms with Crippen LogP contribution in [-0.4, -0.2) is 38.6 Å². The lowest BCUT2D eigenvalue weighted by molar-refractivity contribution is -0.386. The number of rotatable bonds is 5. The van der Waals surface area contributed by atoms with E-state index in [2.05, 4.69) is 23.2 Å². The monoisotopic (exact) mass is 499 g/mol. The zero-order valence-corrected chi connectivity index (χ0v) is 20.5. The number of amides is 1. The summed E-state index contributed by atoms with van der Waals surface area (Å²) in [5, 5.41) is 21.6. The molecule has 190 valence electrons. The van der Waals surface area contributed by atoms with Gasteiger partial charge in [0.25, 0.3) is 5.88 Å². The number of benzene rings is 2. The molecule has 2 aliphatic carbocycles. The van der Waals surface area contributed by atoms with Gasteiger partial charge in [-0.25, -0.2) is 9.78 Å². The number of hydrogen-bond donors (Lipinski definition) is 1. The number of nitrogens with zero attached hydrogens (tertiary/aromatic N) is 3. The van der Waals surface area contributed by atoms with Gasteiger partial charge in [-0.1, -0.05) is 43.2 Å². The molecule has 2 aromatic carbocycles. The first kappa shape index (κ1) is 23.5. The fourth-order valence-electron chi connectivity index (χ4n) is 7.14. The number of pyridine rings is 1. The van der Waals surface area contributed by atoms with Crippen LogP contribution in [-0.2, 0) is 18.3 Å². The van der Waals surface area contributed by atoms with E-state index >= 15 is 0 Å². The molecule has 0 radical (unpaired) electrons. The standard InChI is InChI=1S/C29H29N3O5/c33-28(34)31-14-12-29-11-5-4-9-23(29)26(31)18-22-20(15-19-7-2-1-3-8-19)16-21(17-24(22)29)37-27-25(32(35)36)10-6-13-30-27/h1-3,6-8,10,13,16-17,23,26H,4-5,9,11-12,14-15,18H2,(H,33,34)/t23-,26+,29+/m0/s1. The van der Waals surface area contributed by atoms with Gasteiger partial charge in [0.1, 0.15) is 5.75 Å². The molecular formula is C29H29N3O5. The van der Waals surface area contributed by atoms with Crippen LogP contribution in [0.15, 0.2) is 60.8 Å². The van der Waals surface area contributed by atoms with Gasteiger partial charge < -0.3 is 14.7 Å². The highest BCUT2D eigenvalue weighted by molar-refractivity contribution is 5.67. The molecule has 2 heterocycles. The fraction of sp³-hybridized carbons (Fsp3) is 0.379. The van der Waals surface area contributed by atoms with Crippen molar-refractivity contribution in [3.05, 3.63) is 93.2 Å². The van der Waals surface area contributed by atoms with E-state index in [4.69, 9.17) is 4.74 Å². The molecule has 0 unspecified atom stereocenters. The van der Waals surface area contributed by atoms with E-state index in [1.165, 1.54) is 29.5 Å². The Hall–Kier alpha value is -3.94. The minimum Gasteiger partial charge on any atom is -0.465 e. The van der Waals surface area contributed by atoms with Crippen molar-refractivity contribution < 1.29 is 19.6 Å². The number of nitro groups is 1. The molecular weight excluding hydrogens is 470 g/mol. The molecule has 1 amide bonds. The second-order valence-electron chi connectivity index (χ2n) is 10.5. The quantitative estimate of drug-likeness (QED) is 0.335. The third-order valence-electron chi connectivity index (χ3n) is 8.67. The van der Waals surface area contributed by atoms with Crippen molar-refractivity contribution in [3.63, 3.8) is 0 Å². The van der Waals surface area contributed by atoms with Crippen LogP contribution >= 0.6 is 0 Å². The lowest BCUT2D eigenvalue weighted by atomic mass is 9.52. The molecule has 37 heavy (non-hydrogen) atoms. The summed E-state index contributed by atoms with van der Waals surface area (Å²) in [4.78, 5) is 29.2. The summed E-state index contributed by atoms with van der Waals surface area (Å²) in [6.07, 6.45) is 7.05. The lowest BCUT2D eigenvalue weighted by Gasteiger charge is -2.58. The van der Waals surface area contributed by atoms with E-state index in [-0.39, 0.29) is 28.9 Å². The van der Waals surface area contributed by atoms with Gasteiger partial charge in [0, 0.05) is 30.3 Å². The van der Waals surface area contributed by atoms with E-state index in [0.29, 0.717) is 25.1 Å². The van der Waals surface area contributed by atoms with Gasteiger partial charge >= 0.3 is 11.8 Å². The molecule has 6 rings (SSSR count). The first-order valence-electron chi connectivity index (χ1n) is 12.9. The number of carbonyl (C=O) groups is 1. The molecule has 8 heteroatoms. The van der Waals surface area contributed by atoms with Crippen molar-refractivity contribution in [1.82, 2.24) is 9.88 Å². The number of likely N-dealkylation sites (tertiary alicyclic amines) is 1. The Morgan fingerprint density at radius 2 is 2.00 bits per heavy atom. The topological polar surface area (TPSA) is 106 Å². The normalized spacial score (nSPS) is 24.1. The van der Waals surface area contributed by atoms with Gasteiger partial charge in [-0.3, -0.25) is 10.1 Å². The highest BCUT2D eigenvalue weighted by Crippen LogP contribution is 2.57. The van der Waals surface area contributed by atoms with Crippen LogP contribution in [0.5, 0.6) is 11.6 Å². The highest BCUT2D eigenvalue weighted by atomic mass is 16.6. The van der Waals surface area contributed by atoms with Gasteiger partial charge in [0.2, 0.25) is 0 Å². The first-order valence-corrected chi connectivity index (χ1v) is 12.9. The number of hydrogen-bond acceptors (Lipinski definition) is 5. The van der Waals surface area contributed by atoms with E-state index < -0.39 is 11.0 Å². The Kier molecular flexibility index (Phi) is 5.82. The second-order valence-corrected chi connectivity index (χ2v) is 10.5. The summed E-state index contributed by atoms with van der Waals surface area (Å²) in [6, 6.07) is 17.1. The van der Waals surface area contributed by atoms with Crippen molar-refractivity contribution >= 4 is 11.8 Å². The van der Waals surface area contributed by atoms with E-state index in [1.54, 1.807) is 4.90 Å². The minimum atomic E-state index is -0.834. The van der Waals surface area contributed by atoms with Crippen LogP contribution in [0.4, 0.5) is 10.5 Å². The smallest absolute Gasteiger partial charge is 0.407 e. The maximum Gasteiger partial charge on any atom is 0.407 e. The first-order chi connectivity index (χ1) is 18.0. The Morgan fingerprint density at radius 1 is 1.16 bits per heavy atom. The predicted molar refractivity (Wildman–Crippen MR) is 137 cm³/mol. The van der Waals surface area contributed by atoms with Crippen LogP contribution in [0, 0.1) is 16.0 Å². The average Bonchev–Trinajstić information content (AvgIpc) is 2.90. The molecule has 1 saturated carbocycles. The molecule has 1 aliphatic heterocycles. The van der Waals surface area contributed by atoms with Gasteiger partial charge in [-0.2, -0.15) is 0 Å². The molecule has 2 bridgehead atoms. The molecule has 2 fully saturated rings. The maximum absolute atomic E-state index is 12.2. The average molecular weight is 500 g/mol. The Labute approximate surface area is 215 Å². The van der Waals surface area contributed by atoms with Crippen LogP contribution in [0.1, 0.15) is 54.4 Å². The van der Waals surface area contributed by atoms with Crippen molar-refractivity contribution in [2.24, 2.45) is 5.92 Å². The Balaban J connectivity index is 1.51. The van der Waals surface area contributed by atoms with Crippen molar-refractivity contribution in [2.75, 3.05) is 6.54 Å². The molecule has 8 nitrogen and oxygen atoms in total. The SMILES string of the molecule is O=C(O)N1CC[C@]23CCCC[C@H]2[C@H]1Cc1c(Cc2ccccc2)cc(Oc2ncccc2[N+](=O)[O-])cc13. The summed E-state index contributed by atoms with van der Waals surface area (Å²) in [5.74, 6) is 0.789. The summed E-state index contributed by atoms with van der Waals surface area (Å²) in [6.45, 7) is 0.529. The zero-order valence-electron chi connectivity index (χ0n) is 20.5. The molecule has 1 saturated heterocycles. The second kappa shape index (κ2) is 9.18. The van der Waals surface area contributed by atoms with E-state index in [1.807, 2.05) is 24.3 Å². The van der Waals surface area contributed by atoms with Gasteiger partial charge in [0.15, 0.2) is 0 Å². The molecule has 3 aromatic rings. The van der Waals surface area contributed by atoms with Crippen LogP contribution < -0.4 is 4.74 Å². The Morgan fingerprint density at radius 3 is 2.78 bits per heavy atom. The Bertz CT molecular complexity index is 1360. The predicted octanol–water partition coefficient (Wildman–Crippen LogP) is 6.11. The molecule has 1 aromatic heterocycles. The van der Waals surface area contributed by atoms with Crippen molar-refractivity contribution in [3.8, 4) is 11.6 Å². The number of piperidine rings is 1. The maximum atomic E-state index is 12.2. The molecule has 1 N–H and O–H groups in total. The molecule has 0 spiro atoms. The lowest BCUT2D eigenvalue weighted by Crippen LogP contribution is -2.62. The van der Waals surface area contributed by atoms with Gasteiger partial charge in [0.05, 0.1) is 4.92 Å². The number of ether oxygens (including phenoxy) is 1. The summed E-state index contributed by atoms with van der Waals surface area (Å²) < 4.78 is 6.13. The summed E-state index contributed by atoms with van der Waals surface area (Å²) in [5.41, 5.74) is 4.39. The van der Waals surface area contributed by atoms with E-state index in [0.717, 1.165) is 43.2 Å². The molecule has 3 atom stereocenters. The number of fused-ring (bicyclic) bond motifs is 1. The van der Waals surface area contributed by atoms with Gasteiger partial charge in [-0.15, -0.1) is 0 Å². The number of carboxylic acid groups (broad SMARTS) is 1. The van der Waals surface area contributed by atoms with Crippen molar-refractivity contribution in [2.45, 2.75) is 56.4 Å². The summed E-state index contributed by atoms with van der Waals surface area (Å²) >= 11 is 0. The third-order valence-corrected chi connectivity index (χ3v) is 8.67. The van der Waals surface area contributed by atoms with Gasteiger partial charge in [-0.05, 0) is 78.5 Å². The van der Waals surface area contributed by atoms with Crippen LogP contribution in [0.3, 0.4) is 0 Å². The van der Waals surface area contributed by atoms with Crippen LogP contribution in [0.2, 0.25) is 0 Å². The van der Waals surface area contributed by atoms with Crippen LogP contribution in [0.25, 0.3) is 0 Å². The minimum absolute atomic E-state index is 0.0230. The summed E-state index contributed by atoms with van der Waals surface area (Å²) in [7, 11) is 0. The van der Waals surface area contributed by atoms with E-state index in [9.17, 15) is 20.0 Å². The van der Waals surface area contributed by atoms with Crippen molar-refractivity contribution in [1.29, 1.82) is 0 Å². The zero-order chi connectivity index (χ0) is 25.6. The number of aromatic nitrogens is 1. The largest absolute Gasteiger partial charge is 0.465 e. The third kappa shape index (κ3) is 4.00. The molecule has 3 aliphatic rings. The highest BCUT2D eigenvalue weighted by Gasteiger charge is 2.55. The fourth-order valence-corrected chi connectivity index (χ4v) is 7.14.